The summed E-state index contributed by atoms with van der Waals surface area (Å²) in [6.07, 6.45) is 3.75. The summed E-state index contributed by atoms with van der Waals surface area (Å²) in [6, 6.07) is 10.0. The lowest BCUT2D eigenvalue weighted by Gasteiger charge is -2.31. The molecule has 0 radical (unpaired) electrons. The van der Waals surface area contributed by atoms with E-state index in [0.717, 1.165) is 48.6 Å². The summed E-state index contributed by atoms with van der Waals surface area (Å²) in [5.74, 6) is 0.832. The van der Waals surface area contributed by atoms with Gasteiger partial charge in [0.15, 0.2) is 0 Å². The Kier molecular flexibility index (Phi) is 4.90. The number of hydrogen-bond donors (Lipinski definition) is 2. The topological polar surface area (TPSA) is 48.1 Å². The fourth-order valence-electron chi connectivity index (χ4n) is 3.33. The quantitative estimate of drug-likeness (QED) is 0.891. The fourth-order valence-corrected chi connectivity index (χ4v) is 3.33. The van der Waals surface area contributed by atoms with E-state index < -0.39 is 0 Å². The van der Waals surface area contributed by atoms with Crippen LogP contribution in [0.25, 0.3) is 10.9 Å². The molecule has 0 saturated carbocycles. The van der Waals surface area contributed by atoms with Crippen molar-refractivity contribution in [3.8, 4) is 0 Å². The summed E-state index contributed by atoms with van der Waals surface area (Å²) >= 11 is 0. The van der Waals surface area contributed by atoms with E-state index in [1.807, 2.05) is 31.3 Å². The minimum Gasteiger partial charge on any atom is -0.322 e. The second kappa shape index (κ2) is 7.07. The highest BCUT2D eigenvalue weighted by molar-refractivity contribution is 5.78. The number of rotatable bonds is 5. The highest BCUT2D eigenvalue weighted by Gasteiger charge is 2.19. The van der Waals surface area contributed by atoms with Crippen molar-refractivity contribution in [2.45, 2.75) is 25.8 Å². The number of para-hydroxylation sites is 1. The molecule has 2 N–H and O–H groups in total. The molecule has 1 aromatic carbocycles. The van der Waals surface area contributed by atoms with Crippen molar-refractivity contribution in [3.05, 3.63) is 46.2 Å². The monoisotopic (exact) mass is 299 g/mol. The van der Waals surface area contributed by atoms with Gasteiger partial charge >= 0.3 is 0 Å². The molecule has 0 aliphatic carbocycles. The van der Waals surface area contributed by atoms with E-state index in [1.54, 1.807) is 0 Å². The van der Waals surface area contributed by atoms with Gasteiger partial charge < -0.3 is 10.3 Å². The van der Waals surface area contributed by atoms with Gasteiger partial charge in [0.2, 0.25) is 0 Å². The summed E-state index contributed by atoms with van der Waals surface area (Å²) in [5, 5.41) is 4.34. The van der Waals surface area contributed by atoms with Crippen LogP contribution in [0.15, 0.2) is 35.1 Å². The van der Waals surface area contributed by atoms with Crippen molar-refractivity contribution >= 4 is 10.9 Å². The van der Waals surface area contributed by atoms with Crippen molar-refractivity contribution in [1.29, 1.82) is 0 Å². The van der Waals surface area contributed by atoms with E-state index in [9.17, 15) is 4.79 Å². The first-order valence-corrected chi connectivity index (χ1v) is 8.24. The third-order valence-electron chi connectivity index (χ3n) is 4.73. The summed E-state index contributed by atoms with van der Waals surface area (Å²) in [7, 11) is 2.02. The molecule has 0 spiro atoms. The van der Waals surface area contributed by atoms with E-state index >= 15 is 0 Å². The van der Waals surface area contributed by atoms with Crippen LogP contribution in [0.2, 0.25) is 0 Å². The van der Waals surface area contributed by atoms with Crippen molar-refractivity contribution in [1.82, 2.24) is 15.2 Å². The number of piperidine rings is 1. The second-order valence-electron chi connectivity index (χ2n) is 6.32. The predicted octanol–water partition coefficient (Wildman–Crippen LogP) is 2.35. The number of nitrogens with zero attached hydrogens (tertiary/aromatic N) is 1. The van der Waals surface area contributed by atoms with Gasteiger partial charge in [-0.1, -0.05) is 18.2 Å². The van der Waals surface area contributed by atoms with Gasteiger partial charge in [-0.25, -0.2) is 0 Å². The normalized spacial score (nSPS) is 17.1. The lowest BCUT2D eigenvalue weighted by Crippen LogP contribution is -2.35. The molecule has 0 atom stereocenters. The average molecular weight is 299 g/mol. The standard InChI is InChI=1S/C18H25N3O/c1-19-9-6-14-7-10-21(11-8-14)13-16-12-15-4-2-3-5-17(15)20-18(16)22/h2-5,12,14,19H,6-11,13H2,1H3,(H,20,22). The number of fused-ring (bicyclic) bond motifs is 1. The van der Waals surface area contributed by atoms with Crippen LogP contribution in [0.5, 0.6) is 0 Å². The maximum Gasteiger partial charge on any atom is 0.252 e. The van der Waals surface area contributed by atoms with Gasteiger partial charge in [0, 0.05) is 17.6 Å². The molecule has 0 amide bonds. The van der Waals surface area contributed by atoms with Gasteiger partial charge in [-0.05, 0) is 69.4 Å². The van der Waals surface area contributed by atoms with Gasteiger partial charge in [0.1, 0.15) is 0 Å². The number of hydrogen-bond acceptors (Lipinski definition) is 3. The number of aromatic amines is 1. The SMILES string of the molecule is CNCCC1CCN(Cc2cc3ccccc3[nH]c2=O)CC1. The van der Waals surface area contributed by atoms with Crippen LogP contribution in [0.3, 0.4) is 0 Å². The summed E-state index contributed by atoms with van der Waals surface area (Å²) in [4.78, 5) is 17.6. The molecule has 22 heavy (non-hydrogen) atoms. The molecule has 1 aliphatic rings. The number of nitrogens with one attached hydrogen (secondary N) is 2. The Balaban J connectivity index is 1.64. The first-order valence-electron chi connectivity index (χ1n) is 8.24. The third kappa shape index (κ3) is 3.57. The van der Waals surface area contributed by atoms with Crippen molar-refractivity contribution in [2.75, 3.05) is 26.7 Å². The molecule has 2 aromatic rings. The van der Waals surface area contributed by atoms with Gasteiger partial charge in [-0.15, -0.1) is 0 Å². The molecular weight excluding hydrogens is 274 g/mol. The van der Waals surface area contributed by atoms with E-state index in [2.05, 4.69) is 21.3 Å². The first kappa shape index (κ1) is 15.3. The van der Waals surface area contributed by atoms with Crippen LogP contribution in [0.1, 0.15) is 24.8 Å². The number of H-pyrrole nitrogens is 1. The van der Waals surface area contributed by atoms with Crippen LogP contribution in [-0.4, -0.2) is 36.6 Å². The van der Waals surface area contributed by atoms with E-state index in [0.29, 0.717) is 0 Å². The molecule has 0 bridgehead atoms. The molecule has 1 saturated heterocycles. The Labute approximate surface area is 131 Å². The minimum absolute atomic E-state index is 0.0519. The second-order valence-corrected chi connectivity index (χ2v) is 6.32. The van der Waals surface area contributed by atoms with Crippen LogP contribution < -0.4 is 10.9 Å². The Morgan fingerprint density at radius 3 is 2.82 bits per heavy atom. The third-order valence-corrected chi connectivity index (χ3v) is 4.73. The van der Waals surface area contributed by atoms with Crippen molar-refractivity contribution in [2.24, 2.45) is 5.92 Å². The summed E-state index contributed by atoms with van der Waals surface area (Å²) in [5.41, 5.74) is 1.85. The molecule has 4 nitrogen and oxygen atoms in total. The zero-order chi connectivity index (χ0) is 15.4. The first-order chi connectivity index (χ1) is 10.8. The summed E-state index contributed by atoms with van der Waals surface area (Å²) in [6.45, 7) is 4.06. The van der Waals surface area contributed by atoms with Gasteiger partial charge in [-0.3, -0.25) is 9.69 Å². The number of likely N-dealkylation sites (tertiary alicyclic amines) is 1. The van der Waals surface area contributed by atoms with Gasteiger partial charge in [0.05, 0.1) is 0 Å². The van der Waals surface area contributed by atoms with E-state index in [-0.39, 0.29) is 5.56 Å². The van der Waals surface area contributed by atoms with Crippen LogP contribution in [0.4, 0.5) is 0 Å². The largest absolute Gasteiger partial charge is 0.322 e. The van der Waals surface area contributed by atoms with Crippen LogP contribution in [-0.2, 0) is 6.54 Å². The Morgan fingerprint density at radius 1 is 1.27 bits per heavy atom. The Morgan fingerprint density at radius 2 is 2.05 bits per heavy atom. The van der Waals surface area contributed by atoms with Gasteiger partial charge in [-0.2, -0.15) is 0 Å². The zero-order valence-corrected chi connectivity index (χ0v) is 13.3. The predicted molar refractivity (Wildman–Crippen MR) is 91.1 cm³/mol. The molecular formula is C18H25N3O. The van der Waals surface area contributed by atoms with E-state index in [4.69, 9.17) is 0 Å². The molecule has 2 heterocycles. The maximum atomic E-state index is 12.2. The van der Waals surface area contributed by atoms with Crippen molar-refractivity contribution < 1.29 is 0 Å². The fraction of sp³-hybridized carbons (Fsp3) is 0.500. The molecule has 118 valence electrons. The number of aromatic nitrogens is 1. The maximum absolute atomic E-state index is 12.2. The zero-order valence-electron chi connectivity index (χ0n) is 13.3. The minimum atomic E-state index is 0.0519. The number of benzene rings is 1. The van der Waals surface area contributed by atoms with Crippen LogP contribution >= 0.6 is 0 Å². The Hall–Kier alpha value is -1.65. The van der Waals surface area contributed by atoms with Crippen molar-refractivity contribution in [3.63, 3.8) is 0 Å². The summed E-state index contributed by atoms with van der Waals surface area (Å²) < 4.78 is 0. The van der Waals surface area contributed by atoms with E-state index in [1.165, 1.54) is 19.3 Å². The molecule has 4 heteroatoms. The average Bonchev–Trinajstić information content (AvgIpc) is 2.55. The molecule has 0 unspecified atom stereocenters. The molecule has 1 aliphatic heterocycles. The van der Waals surface area contributed by atoms with Crippen LogP contribution in [0, 0.1) is 5.92 Å². The molecule has 3 rings (SSSR count). The smallest absolute Gasteiger partial charge is 0.252 e. The van der Waals surface area contributed by atoms with Gasteiger partial charge in [0.25, 0.3) is 5.56 Å². The lowest BCUT2D eigenvalue weighted by molar-refractivity contribution is 0.172. The highest BCUT2D eigenvalue weighted by Crippen LogP contribution is 2.21. The highest BCUT2D eigenvalue weighted by atomic mass is 16.1. The molecule has 1 fully saturated rings. The Bertz CT molecular complexity index is 671. The lowest BCUT2D eigenvalue weighted by atomic mass is 9.93. The number of pyridine rings is 1. The molecule has 1 aromatic heterocycles.